The summed E-state index contributed by atoms with van der Waals surface area (Å²) in [4.78, 5) is 0. The standard InChI is InChI=1S/C9H17N3/c1-11-12-7-9-4-2-8(6-10)3-5-9/h6,8-10H,2-5,7H2,1H3. The molecule has 1 fully saturated rings. The van der Waals surface area contributed by atoms with Crippen molar-refractivity contribution in [3.8, 4) is 0 Å². The van der Waals surface area contributed by atoms with E-state index in [0.29, 0.717) is 5.92 Å². The summed E-state index contributed by atoms with van der Waals surface area (Å²) >= 11 is 0. The first-order valence-corrected chi connectivity index (χ1v) is 4.63. The second-order valence-electron chi connectivity index (χ2n) is 3.47. The predicted molar refractivity (Wildman–Crippen MR) is 49.9 cm³/mol. The lowest BCUT2D eigenvalue weighted by Crippen LogP contribution is -2.16. The first kappa shape index (κ1) is 9.36. The summed E-state index contributed by atoms with van der Waals surface area (Å²) in [6.07, 6.45) is 6.39. The van der Waals surface area contributed by atoms with Gasteiger partial charge in [-0.3, -0.25) is 0 Å². The maximum atomic E-state index is 7.13. The fourth-order valence-electron chi connectivity index (χ4n) is 1.73. The molecule has 0 bridgehead atoms. The van der Waals surface area contributed by atoms with Crippen molar-refractivity contribution in [1.29, 1.82) is 5.41 Å². The molecule has 1 N–H and O–H groups in total. The van der Waals surface area contributed by atoms with Crippen molar-refractivity contribution in [3.63, 3.8) is 0 Å². The number of hydrogen-bond acceptors (Lipinski definition) is 3. The number of nitrogens with zero attached hydrogens (tertiary/aromatic N) is 2. The highest BCUT2D eigenvalue weighted by atomic mass is 15.1. The molecule has 1 rings (SSSR count). The molecular formula is C9H17N3. The first-order valence-electron chi connectivity index (χ1n) is 4.63. The van der Waals surface area contributed by atoms with Gasteiger partial charge in [0.25, 0.3) is 0 Å². The average molecular weight is 167 g/mol. The van der Waals surface area contributed by atoms with Crippen molar-refractivity contribution in [3.05, 3.63) is 0 Å². The normalized spacial score (nSPS) is 30.8. The SMILES string of the molecule is CN=NCC1CCC(C=N)CC1. The van der Waals surface area contributed by atoms with Gasteiger partial charge < -0.3 is 5.41 Å². The minimum atomic E-state index is 0.541. The van der Waals surface area contributed by atoms with Crippen LogP contribution in [0.2, 0.25) is 0 Å². The second-order valence-corrected chi connectivity index (χ2v) is 3.47. The van der Waals surface area contributed by atoms with E-state index in [1.165, 1.54) is 25.7 Å². The summed E-state index contributed by atoms with van der Waals surface area (Å²) in [6, 6.07) is 0. The Kier molecular flexibility index (Phi) is 3.91. The van der Waals surface area contributed by atoms with Crippen molar-refractivity contribution in [2.45, 2.75) is 25.7 Å². The Morgan fingerprint density at radius 3 is 2.50 bits per heavy atom. The van der Waals surface area contributed by atoms with E-state index in [-0.39, 0.29) is 0 Å². The van der Waals surface area contributed by atoms with Crippen LogP contribution in [0.1, 0.15) is 25.7 Å². The molecule has 0 saturated heterocycles. The van der Waals surface area contributed by atoms with Gasteiger partial charge in [-0.25, -0.2) is 0 Å². The lowest BCUT2D eigenvalue weighted by molar-refractivity contribution is 0.329. The van der Waals surface area contributed by atoms with Crippen molar-refractivity contribution in [1.82, 2.24) is 0 Å². The van der Waals surface area contributed by atoms with Gasteiger partial charge in [-0.2, -0.15) is 10.2 Å². The van der Waals surface area contributed by atoms with Gasteiger partial charge in [-0.05, 0) is 43.7 Å². The van der Waals surface area contributed by atoms with Crippen LogP contribution in [0.3, 0.4) is 0 Å². The molecule has 3 heteroatoms. The van der Waals surface area contributed by atoms with Gasteiger partial charge in [0.05, 0.1) is 6.54 Å². The van der Waals surface area contributed by atoms with Crippen molar-refractivity contribution < 1.29 is 0 Å². The lowest BCUT2D eigenvalue weighted by atomic mass is 9.83. The molecule has 12 heavy (non-hydrogen) atoms. The monoisotopic (exact) mass is 167 g/mol. The van der Waals surface area contributed by atoms with Crippen LogP contribution in [0.5, 0.6) is 0 Å². The fourth-order valence-corrected chi connectivity index (χ4v) is 1.73. The molecule has 0 aromatic carbocycles. The minimum absolute atomic E-state index is 0.541. The minimum Gasteiger partial charge on any atom is -0.313 e. The Labute approximate surface area is 73.8 Å². The maximum absolute atomic E-state index is 7.13. The van der Waals surface area contributed by atoms with Crippen molar-refractivity contribution >= 4 is 6.21 Å². The lowest BCUT2D eigenvalue weighted by Gasteiger charge is -2.24. The van der Waals surface area contributed by atoms with E-state index < -0.39 is 0 Å². The summed E-state index contributed by atoms with van der Waals surface area (Å²) in [5.74, 6) is 1.27. The molecule has 0 amide bonds. The van der Waals surface area contributed by atoms with Crippen LogP contribution in [0.4, 0.5) is 0 Å². The summed E-state index contributed by atoms with van der Waals surface area (Å²) in [6.45, 7) is 0.890. The van der Waals surface area contributed by atoms with Gasteiger partial charge >= 0.3 is 0 Å². The van der Waals surface area contributed by atoms with Crippen LogP contribution in [-0.2, 0) is 0 Å². The highest BCUT2D eigenvalue weighted by Crippen LogP contribution is 2.27. The second kappa shape index (κ2) is 5.01. The molecular weight excluding hydrogens is 150 g/mol. The molecule has 0 unspecified atom stereocenters. The van der Waals surface area contributed by atoms with Gasteiger partial charge in [-0.15, -0.1) is 0 Å². The maximum Gasteiger partial charge on any atom is 0.0626 e. The van der Waals surface area contributed by atoms with E-state index in [1.807, 2.05) is 0 Å². The molecule has 0 atom stereocenters. The average Bonchev–Trinajstić information content (AvgIpc) is 2.15. The Morgan fingerprint density at radius 2 is 2.00 bits per heavy atom. The third-order valence-corrected chi connectivity index (χ3v) is 2.61. The molecule has 3 nitrogen and oxygen atoms in total. The number of hydrogen-bond donors (Lipinski definition) is 1. The molecule has 0 radical (unpaired) electrons. The number of nitrogens with one attached hydrogen (secondary N) is 1. The summed E-state index contributed by atoms with van der Waals surface area (Å²) in [7, 11) is 1.73. The van der Waals surface area contributed by atoms with Gasteiger partial charge in [0, 0.05) is 7.05 Å². The quantitative estimate of drug-likeness (QED) is 0.496. The van der Waals surface area contributed by atoms with Crippen LogP contribution in [0.15, 0.2) is 10.2 Å². The van der Waals surface area contributed by atoms with Crippen LogP contribution in [0.25, 0.3) is 0 Å². The van der Waals surface area contributed by atoms with E-state index in [0.717, 1.165) is 12.5 Å². The van der Waals surface area contributed by atoms with E-state index in [1.54, 1.807) is 13.3 Å². The molecule has 0 aromatic rings. The Bertz CT molecular complexity index is 157. The van der Waals surface area contributed by atoms with Crippen LogP contribution < -0.4 is 0 Å². The molecule has 0 aromatic heterocycles. The molecule has 1 aliphatic carbocycles. The van der Waals surface area contributed by atoms with E-state index in [9.17, 15) is 0 Å². The fraction of sp³-hybridized carbons (Fsp3) is 0.889. The zero-order valence-corrected chi connectivity index (χ0v) is 7.66. The van der Waals surface area contributed by atoms with Crippen LogP contribution in [0, 0.1) is 17.2 Å². The van der Waals surface area contributed by atoms with E-state index >= 15 is 0 Å². The summed E-state index contributed by atoms with van der Waals surface area (Å²) in [5, 5.41) is 14.9. The topological polar surface area (TPSA) is 48.6 Å². The number of azo groups is 1. The van der Waals surface area contributed by atoms with Gasteiger partial charge in [0.15, 0.2) is 0 Å². The van der Waals surface area contributed by atoms with E-state index in [4.69, 9.17) is 5.41 Å². The molecule has 0 aliphatic heterocycles. The largest absolute Gasteiger partial charge is 0.313 e. The Balaban J connectivity index is 2.21. The third kappa shape index (κ3) is 2.72. The first-order chi connectivity index (χ1) is 5.86. The molecule has 1 saturated carbocycles. The molecule has 1 aliphatic rings. The van der Waals surface area contributed by atoms with Gasteiger partial charge in [0.1, 0.15) is 0 Å². The van der Waals surface area contributed by atoms with Crippen LogP contribution in [-0.4, -0.2) is 19.8 Å². The summed E-state index contributed by atoms with van der Waals surface area (Å²) < 4.78 is 0. The molecule has 0 heterocycles. The molecule has 0 spiro atoms. The molecule has 68 valence electrons. The zero-order chi connectivity index (χ0) is 8.81. The summed E-state index contributed by atoms with van der Waals surface area (Å²) in [5.41, 5.74) is 0. The Morgan fingerprint density at radius 1 is 1.33 bits per heavy atom. The smallest absolute Gasteiger partial charge is 0.0626 e. The van der Waals surface area contributed by atoms with Crippen LogP contribution >= 0.6 is 0 Å². The van der Waals surface area contributed by atoms with Gasteiger partial charge in [0.2, 0.25) is 0 Å². The highest BCUT2D eigenvalue weighted by Gasteiger charge is 2.18. The third-order valence-electron chi connectivity index (χ3n) is 2.61. The van der Waals surface area contributed by atoms with Crippen molar-refractivity contribution in [2.24, 2.45) is 22.1 Å². The van der Waals surface area contributed by atoms with E-state index in [2.05, 4.69) is 10.2 Å². The van der Waals surface area contributed by atoms with Gasteiger partial charge in [-0.1, -0.05) is 0 Å². The highest BCUT2D eigenvalue weighted by molar-refractivity contribution is 5.56. The Hall–Kier alpha value is -0.730. The predicted octanol–water partition coefficient (Wildman–Crippen LogP) is 2.52. The van der Waals surface area contributed by atoms with Crippen molar-refractivity contribution in [2.75, 3.05) is 13.6 Å². The number of rotatable bonds is 3. The zero-order valence-electron chi connectivity index (χ0n) is 7.66.